The van der Waals surface area contributed by atoms with E-state index >= 15 is 0 Å². The van der Waals surface area contributed by atoms with Crippen molar-refractivity contribution in [2.75, 3.05) is 20.2 Å². The summed E-state index contributed by atoms with van der Waals surface area (Å²) in [5.41, 5.74) is 0.552. The van der Waals surface area contributed by atoms with Gasteiger partial charge in [-0.3, -0.25) is 9.59 Å². The molecule has 1 aliphatic rings. The Kier molecular flexibility index (Phi) is 6.25. The number of carbonyl (C=O) groups excluding carboxylic acids is 2. The average molecular weight is 304 g/mol. The maximum Gasteiger partial charge on any atom is 0.251 e. The van der Waals surface area contributed by atoms with E-state index in [9.17, 15) is 9.59 Å². The molecule has 2 N–H and O–H groups in total. The van der Waals surface area contributed by atoms with Crippen LogP contribution in [0.2, 0.25) is 0 Å². The molecule has 0 spiro atoms. The van der Waals surface area contributed by atoms with Crippen LogP contribution in [0.4, 0.5) is 0 Å². The second-order valence-electron chi connectivity index (χ2n) is 5.69. The van der Waals surface area contributed by atoms with E-state index < -0.39 is 0 Å². The zero-order valence-electron chi connectivity index (χ0n) is 13.1. The molecule has 0 radical (unpaired) electrons. The summed E-state index contributed by atoms with van der Waals surface area (Å²) in [6.45, 7) is 0.883. The summed E-state index contributed by atoms with van der Waals surface area (Å²) < 4.78 is 5.09. The van der Waals surface area contributed by atoms with Crippen molar-refractivity contribution in [1.29, 1.82) is 0 Å². The van der Waals surface area contributed by atoms with E-state index in [1.54, 1.807) is 31.4 Å². The third-order valence-corrected chi connectivity index (χ3v) is 4.01. The van der Waals surface area contributed by atoms with Crippen molar-refractivity contribution >= 4 is 11.8 Å². The molecule has 1 fully saturated rings. The first kappa shape index (κ1) is 16.3. The summed E-state index contributed by atoms with van der Waals surface area (Å²) in [6, 6.07) is 6.99. The predicted octanol–water partition coefficient (Wildman–Crippen LogP) is 2.12. The highest BCUT2D eigenvalue weighted by Crippen LogP contribution is 2.27. The topological polar surface area (TPSA) is 67.4 Å². The van der Waals surface area contributed by atoms with Crippen LogP contribution in [0.15, 0.2) is 24.3 Å². The van der Waals surface area contributed by atoms with Crippen LogP contribution in [-0.4, -0.2) is 32.0 Å². The maximum absolute atomic E-state index is 12.0. The molecule has 0 aromatic heterocycles. The molecule has 0 aliphatic heterocycles. The lowest BCUT2D eigenvalue weighted by atomic mass is 10.0. The average Bonchev–Trinajstić information content (AvgIpc) is 3.04. The van der Waals surface area contributed by atoms with E-state index in [4.69, 9.17) is 4.74 Å². The van der Waals surface area contributed by atoms with E-state index in [1.807, 2.05) is 0 Å². The first-order valence-corrected chi connectivity index (χ1v) is 7.88. The van der Waals surface area contributed by atoms with Crippen LogP contribution in [0.1, 0.15) is 42.5 Å². The molecule has 0 unspecified atom stereocenters. The van der Waals surface area contributed by atoms with Gasteiger partial charge in [-0.05, 0) is 37.0 Å². The molecular formula is C17H24N2O3. The predicted molar refractivity (Wildman–Crippen MR) is 84.9 cm³/mol. The Morgan fingerprint density at radius 2 is 1.91 bits per heavy atom. The summed E-state index contributed by atoms with van der Waals surface area (Å²) >= 11 is 0. The van der Waals surface area contributed by atoms with Gasteiger partial charge in [-0.2, -0.15) is 0 Å². The molecule has 2 amide bonds. The fourth-order valence-electron chi connectivity index (χ4n) is 2.79. The highest BCUT2D eigenvalue weighted by molar-refractivity contribution is 5.94. The number of carbonyl (C=O) groups is 2. The number of ether oxygens (including phenoxy) is 1. The number of amides is 2. The second-order valence-corrected chi connectivity index (χ2v) is 5.69. The first-order valence-electron chi connectivity index (χ1n) is 7.88. The lowest BCUT2D eigenvalue weighted by Crippen LogP contribution is -2.35. The Hall–Kier alpha value is -2.04. The van der Waals surface area contributed by atoms with Crippen LogP contribution >= 0.6 is 0 Å². The Labute approximate surface area is 131 Å². The minimum Gasteiger partial charge on any atom is -0.497 e. The molecular weight excluding hydrogens is 280 g/mol. The van der Waals surface area contributed by atoms with Crippen LogP contribution in [0, 0.1) is 5.92 Å². The number of hydrogen-bond donors (Lipinski definition) is 2. The summed E-state index contributed by atoms with van der Waals surface area (Å²) in [5, 5.41) is 5.65. The molecule has 0 saturated heterocycles. The highest BCUT2D eigenvalue weighted by atomic mass is 16.5. The zero-order chi connectivity index (χ0) is 15.8. The van der Waals surface area contributed by atoms with Gasteiger partial charge in [-0.25, -0.2) is 0 Å². The molecule has 1 aliphatic carbocycles. The third kappa shape index (κ3) is 5.06. The first-order chi connectivity index (χ1) is 10.7. The van der Waals surface area contributed by atoms with Crippen molar-refractivity contribution < 1.29 is 14.3 Å². The summed E-state index contributed by atoms with van der Waals surface area (Å²) in [5.74, 6) is 1.12. The van der Waals surface area contributed by atoms with Crippen LogP contribution in [0.3, 0.4) is 0 Å². The number of methoxy groups -OCH3 is 1. The highest BCUT2D eigenvalue weighted by Gasteiger charge is 2.18. The molecule has 0 bridgehead atoms. The standard InChI is InChI=1S/C17H24N2O3/c1-22-15-8-4-7-14(12-15)17(21)19-10-9-18-16(20)11-13-5-2-3-6-13/h4,7-8,12-13H,2-3,5-6,9-11H2,1H3,(H,18,20)(H,19,21). The minimum absolute atomic E-state index is 0.0857. The Balaban J connectivity index is 1.65. The fraction of sp³-hybridized carbons (Fsp3) is 0.529. The Morgan fingerprint density at radius 1 is 1.18 bits per heavy atom. The van der Waals surface area contributed by atoms with Crippen molar-refractivity contribution in [3.63, 3.8) is 0 Å². The molecule has 120 valence electrons. The van der Waals surface area contributed by atoms with E-state index in [0.717, 1.165) is 0 Å². The van der Waals surface area contributed by atoms with Crippen LogP contribution in [0.5, 0.6) is 5.75 Å². The van der Waals surface area contributed by atoms with Gasteiger partial charge < -0.3 is 15.4 Å². The molecule has 1 saturated carbocycles. The summed E-state index contributed by atoms with van der Waals surface area (Å²) in [4.78, 5) is 23.7. The van der Waals surface area contributed by atoms with E-state index in [-0.39, 0.29) is 11.8 Å². The number of nitrogens with one attached hydrogen (secondary N) is 2. The normalized spacial score (nSPS) is 14.6. The molecule has 5 nitrogen and oxygen atoms in total. The van der Waals surface area contributed by atoms with Gasteiger partial charge in [-0.15, -0.1) is 0 Å². The van der Waals surface area contributed by atoms with Gasteiger partial charge in [0.05, 0.1) is 7.11 Å². The Bertz CT molecular complexity index is 510. The number of rotatable bonds is 7. The van der Waals surface area contributed by atoms with Crippen molar-refractivity contribution in [2.45, 2.75) is 32.1 Å². The van der Waals surface area contributed by atoms with Crippen LogP contribution < -0.4 is 15.4 Å². The summed E-state index contributed by atoms with van der Waals surface area (Å²) in [7, 11) is 1.57. The quantitative estimate of drug-likeness (QED) is 0.758. The molecule has 0 heterocycles. The van der Waals surface area contributed by atoms with Crippen molar-refractivity contribution in [3.8, 4) is 5.75 Å². The van der Waals surface area contributed by atoms with Gasteiger partial charge in [0, 0.05) is 25.1 Å². The van der Waals surface area contributed by atoms with Gasteiger partial charge in [0.2, 0.25) is 5.91 Å². The fourth-order valence-corrected chi connectivity index (χ4v) is 2.79. The lowest BCUT2D eigenvalue weighted by Gasteiger charge is -2.10. The third-order valence-electron chi connectivity index (χ3n) is 4.01. The SMILES string of the molecule is COc1cccc(C(=O)NCCNC(=O)CC2CCCC2)c1. The maximum atomic E-state index is 12.0. The molecule has 22 heavy (non-hydrogen) atoms. The monoisotopic (exact) mass is 304 g/mol. The second kappa shape index (κ2) is 8.41. The van der Waals surface area contributed by atoms with Gasteiger partial charge in [0.15, 0.2) is 0 Å². The van der Waals surface area contributed by atoms with Gasteiger partial charge in [0.25, 0.3) is 5.91 Å². The Morgan fingerprint density at radius 3 is 2.64 bits per heavy atom. The zero-order valence-corrected chi connectivity index (χ0v) is 13.1. The smallest absolute Gasteiger partial charge is 0.251 e. The van der Waals surface area contributed by atoms with Crippen molar-refractivity contribution in [1.82, 2.24) is 10.6 Å². The van der Waals surface area contributed by atoms with Gasteiger partial charge >= 0.3 is 0 Å². The van der Waals surface area contributed by atoms with E-state index in [2.05, 4.69) is 10.6 Å². The van der Waals surface area contributed by atoms with Gasteiger partial charge in [-0.1, -0.05) is 18.9 Å². The van der Waals surface area contributed by atoms with Crippen molar-refractivity contribution in [2.24, 2.45) is 5.92 Å². The van der Waals surface area contributed by atoms with E-state index in [1.165, 1.54) is 25.7 Å². The number of benzene rings is 1. The summed E-state index contributed by atoms with van der Waals surface area (Å²) in [6.07, 6.45) is 5.44. The van der Waals surface area contributed by atoms with Crippen LogP contribution in [0.25, 0.3) is 0 Å². The molecule has 2 rings (SSSR count). The van der Waals surface area contributed by atoms with Crippen LogP contribution in [-0.2, 0) is 4.79 Å². The largest absolute Gasteiger partial charge is 0.497 e. The number of hydrogen-bond acceptors (Lipinski definition) is 3. The van der Waals surface area contributed by atoms with E-state index in [0.29, 0.717) is 36.7 Å². The van der Waals surface area contributed by atoms with Gasteiger partial charge in [0.1, 0.15) is 5.75 Å². The van der Waals surface area contributed by atoms with Crippen molar-refractivity contribution in [3.05, 3.63) is 29.8 Å². The minimum atomic E-state index is -0.163. The molecule has 1 aromatic rings. The molecule has 5 heteroatoms. The molecule has 0 atom stereocenters. The molecule has 1 aromatic carbocycles. The lowest BCUT2D eigenvalue weighted by molar-refractivity contribution is -0.121.